The summed E-state index contributed by atoms with van der Waals surface area (Å²) in [6.45, 7) is 0.773. The van der Waals surface area contributed by atoms with Gasteiger partial charge in [0, 0.05) is 38.8 Å². The van der Waals surface area contributed by atoms with Crippen molar-refractivity contribution < 1.29 is 0 Å². The van der Waals surface area contributed by atoms with Crippen LogP contribution in [0.5, 0.6) is 0 Å². The molecule has 122 valence electrons. The van der Waals surface area contributed by atoms with Gasteiger partial charge in [-0.3, -0.25) is 0 Å². The van der Waals surface area contributed by atoms with E-state index in [4.69, 9.17) is 47.0 Å². The monoisotopic (exact) mass is 404 g/mol. The molecule has 0 saturated carbocycles. The van der Waals surface area contributed by atoms with Crippen molar-refractivity contribution in [2.45, 2.75) is 5.75 Å². The summed E-state index contributed by atoms with van der Waals surface area (Å²) in [5, 5.41) is 8.94. The van der Waals surface area contributed by atoms with Crippen molar-refractivity contribution in [3.63, 3.8) is 0 Å². The quantitative estimate of drug-likeness (QED) is 0.464. The predicted molar refractivity (Wildman–Crippen MR) is 108 cm³/mol. The maximum Gasteiger partial charge on any atom is 0.170 e. The van der Waals surface area contributed by atoms with Crippen molar-refractivity contribution in [2.75, 3.05) is 17.6 Å². The Labute approximate surface area is 160 Å². The van der Waals surface area contributed by atoms with Crippen molar-refractivity contribution >= 4 is 69.6 Å². The smallest absolute Gasteiger partial charge is 0.170 e. The fourth-order valence-corrected chi connectivity index (χ4v) is 3.53. The molecule has 2 aromatic carbocycles. The van der Waals surface area contributed by atoms with Crippen LogP contribution in [0.15, 0.2) is 42.5 Å². The molecule has 0 aliphatic rings. The van der Waals surface area contributed by atoms with Crippen LogP contribution in [0.2, 0.25) is 15.1 Å². The molecule has 23 heavy (non-hydrogen) atoms. The molecule has 2 rings (SSSR count). The third-order valence-corrected chi connectivity index (χ3v) is 5.00. The predicted octanol–water partition coefficient (Wildman–Crippen LogP) is 5.87. The average molecular weight is 406 g/mol. The van der Waals surface area contributed by atoms with Crippen LogP contribution in [-0.2, 0) is 5.75 Å². The standard InChI is InChI=1S/C16H15Cl3N2S2/c17-12-3-5-14(6-4-12)21-16(22)20-7-8-23-10-11-1-2-13(18)9-15(11)19/h1-6,9H,7-8,10H2,(H2,20,21,22). The number of thiocarbonyl (C=S) groups is 1. The average Bonchev–Trinajstić information content (AvgIpc) is 2.51. The Hall–Kier alpha value is -0.650. The van der Waals surface area contributed by atoms with Crippen LogP contribution >= 0.6 is 58.8 Å². The molecule has 0 radical (unpaired) electrons. The van der Waals surface area contributed by atoms with E-state index in [1.807, 2.05) is 36.4 Å². The summed E-state index contributed by atoms with van der Waals surface area (Å²) in [5.74, 6) is 1.76. The van der Waals surface area contributed by atoms with Crippen LogP contribution in [-0.4, -0.2) is 17.4 Å². The summed E-state index contributed by atoms with van der Waals surface area (Å²) in [5.41, 5.74) is 2.00. The number of hydrogen-bond donors (Lipinski definition) is 2. The Morgan fingerprint density at radius 3 is 2.39 bits per heavy atom. The SMILES string of the molecule is S=C(NCCSCc1ccc(Cl)cc1Cl)Nc1ccc(Cl)cc1. The molecule has 0 amide bonds. The highest BCUT2D eigenvalue weighted by atomic mass is 35.5. The topological polar surface area (TPSA) is 24.1 Å². The Morgan fingerprint density at radius 2 is 1.70 bits per heavy atom. The van der Waals surface area contributed by atoms with Gasteiger partial charge < -0.3 is 10.6 Å². The first kappa shape index (κ1) is 18.7. The lowest BCUT2D eigenvalue weighted by Gasteiger charge is -2.10. The molecule has 2 nitrogen and oxygen atoms in total. The van der Waals surface area contributed by atoms with Crippen LogP contribution in [0.3, 0.4) is 0 Å². The van der Waals surface area contributed by atoms with Crippen molar-refractivity contribution in [2.24, 2.45) is 0 Å². The molecule has 0 atom stereocenters. The molecule has 0 aliphatic heterocycles. The van der Waals surface area contributed by atoms with Gasteiger partial charge in [0.2, 0.25) is 0 Å². The van der Waals surface area contributed by atoms with Crippen LogP contribution in [0, 0.1) is 0 Å². The first-order valence-electron chi connectivity index (χ1n) is 6.86. The number of hydrogen-bond acceptors (Lipinski definition) is 2. The zero-order valence-electron chi connectivity index (χ0n) is 12.1. The normalized spacial score (nSPS) is 10.4. The van der Waals surface area contributed by atoms with Gasteiger partial charge in [-0.1, -0.05) is 40.9 Å². The highest BCUT2D eigenvalue weighted by Gasteiger charge is 2.02. The third-order valence-electron chi connectivity index (χ3n) is 2.91. The molecular weight excluding hydrogens is 391 g/mol. The van der Waals surface area contributed by atoms with E-state index in [9.17, 15) is 0 Å². The Bertz CT molecular complexity index is 663. The van der Waals surface area contributed by atoms with E-state index < -0.39 is 0 Å². The number of thioether (sulfide) groups is 1. The summed E-state index contributed by atoms with van der Waals surface area (Å²) in [6, 6.07) is 13.0. The van der Waals surface area contributed by atoms with Crippen molar-refractivity contribution in [3.8, 4) is 0 Å². The van der Waals surface area contributed by atoms with Crippen LogP contribution in [0.25, 0.3) is 0 Å². The number of nitrogens with one attached hydrogen (secondary N) is 2. The van der Waals surface area contributed by atoms with Crippen molar-refractivity contribution in [3.05, 3.63) is 63.1 Å². The summed E-state index contributed by atoms with van der Waals surface area (Å²) in [4.78, 5) is 0. The molecule has 0 bridgehead atoms. The number of anilines is 1. The Morgan fingerprint density at radius 1 is 1.00 bits per heavy atom. The summed E-state index contributed by atoms with van der Waals surface area (Å²) < 4.78 is 0. The second-order valence-electron chi connectivity index (χ2n) is 4.68. The molecule has 0 spiro atoms. The highest BCUT2D eigenvalue weighted by molar-refractivity contribution is 7.98. The Balaban J connectivity index is 1.65. The van der Waals surface area contributed by atoms with E-state index in [1.165, 1.54) is 0 Å². The zero-order chi connectivity index (χ0) is 16.7. The van der Waals surface area contributed by atoms with Crippen molar-refractivity contribution in [1.82, 2.24) is 5.32 Å². The first-order chi connectivity index (χ1) is 11.0. The number of benzene rings is 2. The lowest BCUT2D eigenvalue weighted by atomic mass is 10.2. The minimum atomic E-state index is 0.595. The first-order valence-corrected chi connectivity index (χ1v) is 9.56. The number of halogens is 3. The minimum Gasteiger partial charge on any atom is -0.362 e. The van der Waals surface area contributed by atoms with Gasteiger partial charge in [-0.05, 0) is 54.2 Å². The maximum atomic E-state index is 6.14. The maximum absolute atomic E-state index is 6.14. The molecule has 0 aliphatic carbocycles. The molecule has 0 aromatic heterocycles. The molecule has 7 heteroatoms. The van der Waals surface area contributed by atoms with E-state index in [2.05, 4.69) is 10.6 Å². The molecule has 2 aromatic rings. The van der Waals surface area contributed by atoms with Gasteiger partial charge in [0.1, 0.15) is 0 Å². The summed E-state index contributed by atoms with van der Waals surface area (Å²) >= 11 is 24.9. The van der Waals surface area contributed by atoms with Gasteiger partial charge in [-0.25, -0.2) is 0 Å². The molecule has 0 saturated heterocycles. The third kappa shape index (κ3) is 6.77. The number of rotatable bonds is 6. The van der Waals surface area contributed by atoms with Gasteiger partial charge in [-0.15, -0.1) is 0 Å². The van der Waals surface area contributed by atoms with Gasteiger partial charge in [0.15, 0.2) is 5.11 Å². The fraction of sp³-hybridized carbons (Fsp3) is 0.188. The van der Waals surface area contributed by atoms with Gasteiger partial charge in [0.05, 0.1) is 0 Å². The van der Waals surface area contributed by atoms with E-state index in [0.717, 1.165) is 29.3 Å². The van der Waals surface area contributed by atoms with Crippen LogP contribution in [0.4, 0.5) is 5.69 Å². The Kier molecular flexibility index (Phi) is 7.80. The fourth-order valence-electron chi connectivity index (χ4n) is 1.77. The van der Waals surface area contributed by atoms with E-state index in [0.29, 0.717) is 20.2 Å². The highest BCUT2D eigenvalue weighted by Crippen LogP contribution is 2.24. The van der Waals surface area contributed by atoms with Crippen molar-refractivity contribution in [1.29, 1.82) is 0 Å². The van der Waals surface area contributed by atoms with Gasteiger partial charge in [0.25, 0.3) is 0 Å². The second-order valence-corrected chi connectivity index (χ2v) is 7.47. The van der Waals surface area contributed by atoms with Gasteiger partial charge in [-0.2, -0.15) is 11.8 Å². The zero-order valence-corrected chi connectivity index (χ0v) is 16.0. The molecule has 0 unspecified atom stereocenters. The largest absolute Gasteiger partial charge is 0.362 e. The lowest BCUT2D eigenvalue weighted by Crippen LogP contribution is -2.30. The molecule has 0 fully saturated rings. The van der Waals surface area contributed by atoms with E-state index in [1.54, 1.807) is 17.8 Å². The minimum absolute atomic E-state index is 0.595. The van der Waals surface area contributed by atoms with Crippen LogP contribution in [0.1, 0.15) is 5.56 Å². The van der Waals surface area contributed by atoms with E-state index in [-0.39, 0.29) is 0 Å². The molecule has 2 N–H and O–H groups in total. The summed E-state index contributed by atoms with van der Waals surface area (Å²) in [7, 11) is 0. The van der Waals surface area contributed by atoms with E-state index >= 15 is 0 Å². The van der Waals surface area contributed by atoms with Crippen LogP contribution < -0.4 is 10.6 Å². The molecule has 0 heterocycles. The second kappa shape index (κ2) is 9.60. The molecular formula is C16H15Cl3N2S2. The summed E-state index contributed by atoms with van der Waals surface area (Å²) in [6.07, 6.45) is 0. The van der Waals surface area contributed by atoms with Gasteiger partial charge >= 0.3 is 0 Å². The lowest BCUT2D eigenvalue weighted by molar-refractivity contribution is 0.990.